The van der Waals surface area contributed by atoms with Crippen LogP contribution in [0, 0.1) is 11.6 Å². The van der Waals surface area contributed by atoms with Crippen LogP contribution in [0.1, 0.15) is 11.6 Å². The zero-order valence-electron chi connectivity index (χ0n) is 10.0. The zero-order chi connectivity index (χ0) is 14.3. The summed E-state index contributed by atoms with van der Waals surface area (Å²) in [5, 5.41) is 4.94. The summed E-state index contributed by atoms with van der Waals surface area (Å²) in [5.41, 5.74) is 0.299. The molecule has 1 aliphatic rings. The molecule has 0 saturated carbocycles. The van der Waals surface area contributed by atoms with E-state index in [-0.39, 0.29) is 12.1 Å². The molecule has 1 unspecified atom stereocenters. The zero-order valence-corrected chi connectivity index (χ0v) is 11.6. The molecule has 0 spiro atoms. The van der Waals surface area contributed by atoms with Gasteiger partial charge in [-0.2, -0.15) is 0 Å². The predicted octanol–water partition coefficient (Wildman–Crippen LogP) is 3.70. The number of urea groups is 1. The number of carbonyl (C=O) groups excluding carboxylic acids is 1. The van der Waals surface area contributed by atoms with Crippen LogP contribution in [0.3, 0.4) is 0 Å². The normalized spacial score (nSPS) is 17.9. The van der Waals surface area contributed by atoms with Crippen molar-refractivity contribution in [2.75, 3.05) is 6.54 Å². The SMILES string of the molecule is O=C1NCC(c2c(F)cc(-c3ccc(Cl)s3)cc2F)N1. The number of hydrogen-bond donors (Lipinski definition) is 2. The minimum Gasteiger partial charge on any atom is -0.336 e. The minimum atomic E-state index is -0.691. The Kier molecular flexibility index (Phi) is 3.35. The van der Waals surface area contributed by atoms with Crippen LogP contribution >= 0.6 is 22.9 Å². The summed E-state index contributed by atoms with van der Waals surface area (Å²) in [7, 11) is 0. The number of hydrogen-bond acceptors (Lipinski definition) is 2. The van der Waals surface area contributed by atoms with Gasteiger partial charge in [-0.3, -0.25) is 0 Å². The van der Waals surface area contributed by atoms with E-state index < -0.39 is 23.7 Å². The first-order chi connectivity index (χ1) is 9.54. The number of halogens is 3. The molecule has 1 aromatic heterocycles. The first kappa shape index (κ1) is 13.3. The molecule has 2 amide bonds. The van der Waals surface area contributed by atoms with Gasteiger partial charge in [0.2, 0.25) is 0 Å². The quantitative estimate of drug-likeness (QED) is 0.872. The van der Waals surface area contributed by atoms with Crippen molar-refractivity contribution in [3.63, 3.8) is 0 Å². The summed E-state index contributed by atoms with van der Waals surface area (Å²) in [4.78, 5) is 11.7. The molecule has 3 nitrogen and oxygen atoms in total. The molecule has 1 saturated heterocycles. The van der Waals surface area contributed by atoms with Gasteiger partial charge >= 0.3 is 6.03 Å². The van der Waals surface area contributed by atoms with Gasteiger partial charge in [0.15, 0.2) is 0 Å². The Morgan fingerprint density at radius 3 is 2.45 bits per heavy atom. The Labute approximate surface area is 122 Å². The first-order valence-electron chi connectivity index (χ1n) is 5.83. The maximum absolute atomic E-state index is 14.1. The molecule has 2 aromatic rings. The largest absolute Gasteiger partial charge is 0.336 e. The molecule has 1 aromatic carbocycles. The van der Waals surface area contributed by atoms with E-state index in [1.165, 1.54) is 23.5 Å². The number of amides is 2. The van der Waals surface area contributed by atoms with Crippen molar-refractivity contribution < 1.29 is 13.6 Å². The summed E-state index contributed by atoms with van der Waals surface area (Å²) in [5.74, 6) is -1.36. The summed E-state index contributed by atoms with van der Waals surface area (Å²) in [6.45, 7) is 0.164. The lowest BCUT2D eigenvalue weighted by molar-refractivity contribution is 0.247. The van der Waals surface area contributed by atoms with Gasteiger partial charge in [-0.1, -0.05) is 11.6 Å². The van der Waals surface area contributed by atoms with Crippen LogP contribution in [0.5, 0.6) is 0 Å². The fourth-order valence-corrected chi connectivity index (χ4v) is 3.19. The molecular weight excluding hydrogens is 306 g/mol. The van der Waals surface area contributed by atoms with E-state index in [2.05, 4.69) is 10.6 Å². The Morgan fingerprint density at radius 2 is 1.95 bits per heavy atom. The molecule has 1 aliphatic heterocycles. The molecule has 0 aliphatic carbocycles. The van der Waals surface area contributed by atoms with Crippen molar-refractivity contribution in [2.24, 2.45) is 0 Å². The average molecular weight is 315 g/mol. The number of nitrogens with one attached hydrogen (secondary N) is 2. The monoisotopic (exact) mass is 314 g/mol. The van der Waals surface area contributed by atoms with Crippen molar-refractivity contribution in [1.29, 1.82) is 0 Å². The van der Waals surface area contributed by atoms with Crippen molar-refractivity contribution in [3.05, 3.63) is 45.8 Å². The smallest absolute Gasteiger partial charge is 0.315 e. The molecule has 0 radical (unpaired) electrons. The van der Waals surface area contributed by atoms with E-state index in [1.807, 2.05) is 0 Å². The number of thiophene rings is 1. The molecule has 1 atom stereocenters. The molecule has 2 heterocycles. The molecule has 0 bridgehead atoms. The van der Waals surface area contributed by atoms with Gasteiger partial charge in [-0.15, -0.1) is 11.3 Å². The highest BCUT2D eigenvalue weighted by Crippen LogP contribution is 2.34. The summed E-state index contributed by atoms with van der Waals surface area (Å²) in [6, 6.07) is 4.77. The lowest BCUT2D eigenvalue weighted by Gasteiger charge is -2.12. The van der Waals surface area contributed by atoms with Crippen molar-refractivity contribution in [3.8, 4) is 10.4 Å². The maximum atomic E-state index is 14.1. The van der Waals surface area contributed by atoms with Crippen LogP contribution < -0.4 is 10.6 Å². The third kappa shape index (κ3) is 2.36. The van der Waals surface area contributed by atoms with Gasteiger partial charge in [-0.25, -0.2) is 13.6 Å². The molecular formula is C13H9ClF2N2OS. The molecule has 7 heteroatoms. The number of benzene rings is 1. The van der Waals surface area contributed by atoms with Gasteiger partial charge in [-0.05, 0) is 29.8 Å². The van der Waals surface area contributed by atoms with E-state index in [9.17, 15) is 13.6 Å². The van der Waals surface area contributed by atoms with Gasteiger partial charge in [0.25, 0.3) is 0 Å². The minimum absolute atomic E-state index is 0.130. The van der Waals surface area contributed by atoms with Crippen LogP contribution in [0.4, 0.5) is 13.6 Å². The van der Waals surface area contributed by atoms with Gasteiger partial charge < -0.3 is 10.6 Å². The lowest BCUT2D eigenvalue weighted by atomic mass is 10.0. The van der Waals surface area contributed by atoms with Crippen LogP contribution in [0.2, 0.25) is 4.34 Å². The maximum Gasteiger partial charge on any atom is 0.315 e. The van der Waals surface area contributed by atoms with Crippen LogP contribution in [-0.4, -0.2) is 12.6 Å². The van der Waals surface area contributed by atoms with E-state index in [4.69, 9.17) is 11.6 Å². The second kappa shape index (κ2) is 5.03. The number of carbonyl (C=O) groups is 1. The Balaban J connectivity index is 2.00. The third-order valence-electron chi connectivity index (χ3n) is 3.06. The van der Waals surface area contributed by atoms with E-state index >= 15 is 0 Å². The van der Waals surface area contributed by atoms with E-state index in [1.54, 1.807) is 12.1 Å². The second-order valence-corrected chi connectivity index (χ2v) is 6.08. The summed E-state index contributed by atoms with van der Waals surface area (Å²) < 4.78 is 28.8. The number of rotatable bonds is 2. The topological polar surface area (TPSA) is 41.1 Å². The van der Waals surface area contributed by atoms with Crippen molar-refractivity contribution >= 4 is 29.0 Å². The highest BCUT2D eigenvalue weighted by atomic mass is 35.5. The van der Waals surface area contributed by atoms with Crippen LogP contribution in [-0.2, 0) is 0 Å². The predicted molar refractivity (Wildman–Crippen MR) is 74.0 cm³/mol. The van der Waals surface area contributed by atoms with Crippen molar-refractivity contribution in [1.82, 2.24) is 10.6 Å². The Bertz CT molecular complexity index is 666. The molecule has 3 rings (SSSR count). The first-order valence-corrected chi connectivity index (χ1v) is 7.03. The highest BCUT2D eigenvalue weighted by molar-refractivity contribution is 7.19. The molecule has 2 N–H and O–H groups in total. The second-order valence-electron chi connectivity index (χ2n) is 4.36. The fourth-order valence-electron chi connectivity index (χ4n) is 2.16. The highest BCUT2D eigenvalue weighted by Gasteiger charge is 2.27. The average Bonchev–Trinajstić information content (AvgIpc) is 2.98. The third-order valence-corrected chi connectivity index (χ3v) is 4.34. The summed E-state index contributed by atoms with van der Waals surface area (Å²) >= 11 is 7.06. The fraction of sp³-hybridized carbons (Fsp3) is 0.154. The van der Waals surface area contributed by atoms with Gasteiger partial charge in [0.1, 0.15) is 11.6 Å². The van der Waals surface area contributed by atoms with Crippen molar-refractivity contribution in [2.45, 2.75) is 6.04 Å². The van der Waals surface area contributed by atoms with E-state index in [0.717, 1.165) is 0 Å². The lowest BCUT2D eigenvalue weighted by Crippen LogP contribution is -2.22. The Morgan fingerprint density at radius 1 is 1.25 bits per heavy atom. The van der Waals surface area contributed by atoms with Crippen LogP contribution in [0.25, 0.3) is 10.4 Å². The van der Waals surface area contributed by atoms with Gasteiger partial charge in [0.05, 0.1) is 10.4 Å². The molecule has 1 fully saturated rings. The van der Waals surface area contributed by atoms with Gasteiger partial charge in [0, 0.05) is 17.0 Å². The molecule has 104 valence electrons. The standard InChI is InChI=1S/C13H9ClF2N2OS/c14-11-2-1-10(20-11)6-3-7(15)12(8(16)4-6)9-5-17-13(19)18-9/h1-4,9H,5H2,(H2,17,18,19). The van der Waals surface area contributed by atoms with Crippen LogP contribution in [0.15, 0.2) is 24.3 Å². The van der Waals surface area contributed by atoms with E-state index in [0.29, 0.717) is 14.8 Å². The Hall–Kier alpha value is -1.66. The molecule has 20 heavy (non-hydrogen) atoms. The summed E-state index contributed by atoms with van der Waals surface area (Å²) in [6.07, 6.45) is 0.